The van der Waals surface area contributed by atoms with Gasteiger partial charge in [-0.3, -0.25) is 4.99 Å². The number of aliphatic hydroxyl groups is 1. The minimum Gasteiger partial charge on any atom is -0.406 e. The molecule has 1 saturated carbocycles. The van der Waals surface area contributed by atoms with Gasteiger partial charge in [0.25, 0.3) is 0 Å². The van der Waals surface area contributed by atoms with Crippen LogP contribution in [0.3, 0.4) is 0 Å². The van der Waals surface area contributed by atoms with Crippen molar-refractivity contribution in [3.05, 3.63) is 29.8 Å². The number of aliphatic hydroxyl groups excluding tert-OH is 1. The van der Waals surface area contributed by atoms with Crippen LogP contribution >= 0.6 is 24.0 Å². The number of guanidine groups is 1. The van der Waals surface area contributed by atoms with Crippen LogP contribution in [-0.2, 0) is 6.42 Å². The molecule has 1 aromatic rings. The smallest absolute Gasteiger partial charge is 0.406 e. The number of hydrogen-bond donors (Lipinski definition) is 3. The zero-order valence-corrected chi connectivity index (χ0v) is 20.7. The summed E-state index contributed by atoms with van der Waals surface area (Å²) in [6, 6.07) is 6.96. The van der Waals surface area contributed by atoms with Gasteiger partial charge in [0.15, 0.2) is 5.96 Å². The first-order chi connectivity index (χ1) is 14.9. The molecule has 2 aliphatic rings. The summed E-state index contributed by atoms with van der Waals surface area (Å²) in [5.41, 5.74) is 0.828. The molecule has 0 amide bonds. The lowest BCUT2D eigenvalue weighted by Crippen LogP contribution is -2.49. The molecule has 182 valence electrons. The molecule has 0 radical (unpaired) electrons. The molecule has 10 heteroatoms. The lowest BCUT2D eigenvalue weighted by atomic mass is 10.00. The van der Waals surface area contributed by atoms with Crippen molar-refractivity contribution in [3.8, 4) is 5.75 Å². The Hall–Kier alpha value is -1.27. The van der Waals surface area contributed by atoms with E-state index in [2.05, 4.69) is 25.3 Å². The normalized spacial score (nSPS) is 19.2. The molecule has 1 aliphatic heterocycles. The van der Waals surface area contributed by atoms with E-state index in [0.29, 0.717) is 19.0 Å². The Bertz CT molecular complexity index is 706. The Balaban J connectivity index is 0.00000363. The van der Waals surface area contributed by atoms with Crippen molar-refractivity contribution >= 4 is 29.9 Å². The van der Waals surface area contributed by atoms with E-state index in [0.717, 1.165) is 50.0 Å². The Morgan fingerprint density at radius 2 is 1.84 bits per heavy atom. The van der Waals surface area contributed by atoms with Gasteiger partial charge in [0.1, 0.15) is 5.75 Å². The van der Waals surface area contributed by atoms with E-state index >= 15 is 0 Å². The monoisotopic (exact) mass is 570 g/mol. The number of piperidine rings is 1. The van der Waals surface area contributed by atoms with E-state index in [4.69, 9.17) is 0 Å². The molecule has 6 nitrogen and oxygen atoms in total. The highest BCUT2D eigenvalue weighted by Crippen LogP contribution is 2.29. The summed E-state index contributed by atoms with van der Waals surface area (Å²) in [5, 5.41) is 16.5. The molecular formula is C22H34F3IN4O2. The first-order valence-electron chi connectivity index (χ1n) is 11.1. The Morgan fingerprint density at radius 1 is 1.19 bits per heavy atom. The van der Waals surface area contributed by atoms with Gasteiger partial charge in [-0.15, -0.1) is 37.1 Å². The number of rotatable bonds is 9. The quantitative estimate of drug-likeness (QED) is 0.241. The molecule has 1 saturated heterocycles. The Morgan fingerprint density at radius 3 is 2.38 bits per heavy atom. The number of ether oxygens (including phenoxy) is 1. The van der Waals surface area contributed by atoms with Crippen LogP contribution in [0.4, 0.5) is 13.2 Å². The topological polar surface area (TPSA) is 69.1 Å². The van der Waals surface area contributed by atoms with Gasteiger partial charge in [-0.05, 0) is 56.7 Å². The molecule has 2 fully saturated rings. The van der Waals surface area contributed by atoms with Gasteiger partial charge in [-0.1, -0.05) is 12.1 Å². The van der Waals surface area contributed by atoms with Crippen LogP contribution in [0.5, 0.6) is 5.75 Å². The second-order valence-corrected chi connectivity index (χ2v) is 8.35. The fourth-order valence-corrected chi connectivity index (χ4v) is 3.93. The van der Waals surface area contributed by atoms with Crippen LogP contribution in [0.25, 0.3) is 0 Å². The van der Waals surface area contributed by atoms with Crippen molar-refractivity contribution in [1.82, 2.24) is 15.5 Å². The summed E-state index contributed by atoms with van der Waals surface area (Å²) in [4.78, 5) is 7.23. The van der Waals surface area contributed by atoms with E-state index in [1.54, 1.807) is 12.1 Å². The third-order valence-electron chi connectivity index (χ3n) is 5.72. The number of halogens is 4. The average Bonchev–Trinajstić information content (AvgIpc) is 3.57. The van der Waals surface area contributed by atoms with Crippen molar-refractivity contribution in [3.63, 3.8) is 0 Å². The van der Waals surface area contributed by atoms with Gasteiger partial charge < -0.3 is 25.4 Å². The van der Waals surface area contributed by atoms with Crippen LogP contribution in [0.15, 0.2) is 29.3 Å². The number of nitrogens with one attached hydrogen (secondary N) is 2. The molecule has 1 aliphatic carbocycles. The van der Waals surface area contributed by atoms with Gasteiger partial charge in [0.2, 0.25) is 0 Å². The lowest BCUT2D eigenvalue weighted by Gasteiger charge is -2.33. The second-order valence-electron chi connectivity index (χ2n) is 8.35. The van der Waals surface area contributed by atoms with E-state index in [-0.39, 0.29) is 42.3 Å². The zero-order chi connectivity index (χ0) is 22.3. The first kappa shape index (κ1) is 27.0. The van der Waals surface area contributed by atoms with E-state index in [1.165, 1.54) is 25.0 Å². The Kier molecular flexibility index (Phi) is 10.8. The average molecular weight is 570 g/mol. The number of hydrogen-bond acceptors (Lipinski definition) is 4. The minimum absolute atomic E-state index is 0. The highest BCUT2D eigenvalue weighted by Gasteiger charge is 2.32. The van der Waals surface area contributed by atoms with Crippen molar-refractivity contribution in [1.29, 1.82) is 0 Å². The van der Waals surface area contributed by atoms with Crippen LogP contribution in [0.1, 0.15) is 38.2 Å². The summed E-state index contributed by atoms with van der Waals surface area (Å²) in [5.74, 6) is 0.377. The van der Waals surface area contributed by atoms with Gasteiger partial charge in [0, 0.05) is 50.8 Å². The zero-order valence-electron chi connectivity index (χ0n) is 18.4. The van der Waals surface area contributed by atoms with Crippen LogP contribution in [-0.4, -0.2) is 67.2 Å². The summed E-state index contributed by atoms with van der Waals surface area (Å²) in [6.45, 7) is 5.37. The molecule has 1 heterocycles. The maximum absolute atomic E-state index is 12.3. The predicted molar refractivity (Wildman–Crippen MR) is 130 cm³/mol. The molecule has 32 heavy (non-hydrogen) atoms. The number of likely N-dealkylation sites (tertiary alicyclic amines) is 1. The summed E-state index contributed by atoms with van der Waals surface area (Å²) >= 11 is 0. The summed E-state index contributed by atoms with van der Waals surface area (Å²) in [6.07, 6.45) is 0.679. The van der Waals surface area contributed by atoms with E-state index in [1.807, 2.05) is 6.92 Å². The Labute approximate surface area is 205 Å². The highest BCUT2D eigenvalue weighted by molar-refractivity contribution is 14.0. The van der Waals surface area contributed by atoms with Crippen LogP contribution < -0.4 is 15.4 Å². The molecule has 1 unspecified atom stereocenters. The van der Waals surface area contributed by atoms with Crippen molar-refractivity contribution in [2.45, 2.75) is 57.5 Å². The lowest BCUT2D eigenvalue weighted by molar-refractivity contribution is -0.274. The number of aliphatic imine (C=N–C) groups is 1. The third-order valence-corrected chi connectivity index (χ3v) is 5.72. The van der Waals surface area contributed by atoms with E-state index in [9.17, 15) is 18.3 Å². The predicted octanol–water partition coefficient (Wildman–Crippen LogP) is 3.54. The van der Waals surface area contributed by atoms with Gasteiger partial charge in [-0.2, -0.15) is 0 Å². The fraction of sp³-hybridized carbons (Fsp3) is 0.682. The van der Waals surface area contributed by atoms with Gasteiger partial charge >= 0.3 is 6.36 Å². The summed E-state index contributed by atoms with van der Waals surface area (Å²) in [7, 11) is 0. The number of alkyl halides is 3. The molecule has 1 atom stereocenters. The van der Waals surface area contributed by atoms with E-state index < -0.39 is 6.36 Å². The van der Waals surface area contributed by atoms with Gasteiger partial charge in [0.05, 0.1) is 0 Å². The third kappa shape index (κ3) is 9.30. The van der Waals surface area contributed by atoms with Crippen LogP contribution in [0, 0.1) is 5.92 Å². The standard InChI is InChI=1S/C22H33F3N4O2.HI/c1-2-26-21(28-18-9-11-29(12-10-18)19-5-6-19)27-14-17(15-30)13-16-3-7-20(8-4-16)31-22(23,24)25;/h3-4,7-8,17-19,30H,2,5-6,9-15H2,1H3,(H2,26,27,28);1H. The van der Waals surface area contributed by atoms with Crippen LogP contribution in [0.2, 0.25) is 0 Å². The van der Waals surface area contributed by atoms with Crippen molar-refractivity contribution in [2.75, 3.05) is 32.8 Å². The number of benzene rings is 1. The molecule has 0 spiro atoms. The molecule has 0 bridgehead atoms. The molecule has 3 N–H and O–H groups in total. The summed E-state index contributed by atoms with van der Waals surface area (Å²) < 4.78 is 40.8. The fourth-order valence-electron chi connectivity index (χ4n) is 3.93. The first-order valence-corrected chi connectivity index (χ1v) is 11.1. The minimum atomic E-state index is -4.70. The number of nitrogens with zero attached hydrogens (tertiary/aromatic N) is 2. The maximum Gasteiger partial charge on any atom is 0.573 e. The largest absolute Gasteiger partial charge is 0.573 e. The molecular weight excluding hydrogens is 536 g/mol. The maximum atomic E-state index is 12.3. The molecule has 1 aromatic carbocycles. The van der Waals surface area contributed by atoms with Crippen molar-refractivity contribution in [2.24, 2.45) is 10.9 Å². The van der Waals surface area contributed by atoms with Crippen molar-refractivity contribution < 1.29 is 23.0 Å². The highest BCUT2D eigenvalue weighted by atomic mass is 127. The second kappa shape index (κ2) is 12.8. The molecule has 0 aromatic heterocycles. The molecule has 3 rings (SSSR count). The van der Waals surface area contributed by atoms with Gasteiger partial charge in [-0.25, -0.2) is 0 Å². The SMILES string of the molecule is CCNC(=NCC(CO)Cc1ccc(OC(F)(F)F)cc1)NC1CCN(C2CC2)CC1.I.